The van der Waals surface area contributed by atoms with Crippen LogP contribution in [0, 0.1) is 0 Å². The van der Waals surface area contributed by atoms with Gasteiger partial charge in [-0.15, -0.1) is 6.58 Å². The fourth-order valence-electron chi connectivity index (χ4n) is 1.46. The molecule has 1 saturated heterocycles. The molecule has 1 aliphatic rings. The van der Waals surface area contributed by atoms with E-state index in [4.69, 9.17) is 0 Å². The molecule has 1 heterocycles. The molecule has 0 aromatic heterocycles. The van der Waals surface area contributed by atoms with Crippen LogP contribution in [-0.4, -0.2) is 8.80 Å². The van der Waals surface area contributed by atoms with Crippen LogP contribution in [0.25, 0.3) is 0 Å². The quantitative estimate of drug-likeness (QED) is 0.407. The Morgan fingerprint density at radius 1 is 1.22 bits per heavy atom. The minimum Gasteiger partial charge on any atom is -0.103 e. The number of hydrogen-bond donors (Lipinski definition) is 0. The number of allylic oxidation sites excluding steroid dienone is 1. The molecule has 1 aliphatic heterocycles. The first-order valence-electron chi connectivity index (χ1n) is 3.88. The van der Waals surface area contributed by atoms with E-state index in [0.717, 1.165) is 0 Å². The van der Waals surface area contributed by atoms with Gasteiger partial charge in [0.25, 0.3) is 0 Å². The zero-order chi connectivity index (χ0) is 6.53. The second kappa shape index (κ2) is 3.88. The van der Waals surface area contributed by atoms with E-state index in [9.17, 15) is 0 Å². The predicted molar refractivity (Wildman–Crippen MR) is 44.2 cm³/mol. The molecule has 0 aromatic carbocycles. The van der Waals surface area contributed by atoms with E-state index >= 15 is 0 Å². The summed E-state index contributed by atoms with van der Waals surface area (Å²) in [6.07, 6.45) is 6.61. The Morgan fingerprint density at radius 2 is 1.89 bits per heavy atom. The first-order valence-corrected chi connectivity index (χ1v) is 6.00. The highest BCUT2D eigenvalue weighted by Gasteiger charge is 2.12. The standard InChI is InChI=1S/C8H15Si/c1-2-6-9-7-4-3-5-8-9/h2H,1,3-8H2. The van der Waals surface area contributed by atoms with Gasteiger partial charge in [-0.2, -0.15) is 0 Å². The van der Waals surface area contributed by atoms with E-state index < -0.39 is 0 Å². The summed E-state index contributed by atoms with van der Waals surface area (Å²) in [6.45, 7) is 3.78. The van der Waals surface area contributed by atoms with Crippen LogP contribution in [0.15, 0.2) is 12.7 Å². The molecule has 0 nitrogen and oxygen atoms in total. The molecule has 1 heteroatoms. The summed E-state index contributed by atoms with van der Waals surface area (Å²) in [6, 6.07) is 4.46. The highest BCUT2D eigenvalue weighted by Crippen LogP contribution is 2.21. The normalized spacial score (nSPS) is 21.8. The zero-order valence-corrected chi connectivity index (χ0v) is 7.03. The van der Waals surface area contributed by atoms with Crippen molar-refractivity contribution < 1.29 is 0 Å². The zero-order valence-electron chi connectivity index (χ0n) is 6.03. The molecule has 0 atom stereocenters. The SMILES string of the molecule is C=CC[Si]1CCCCC1. The lowest BCUT2D eigenvalue weighted by Gasteiger charge is -2.17. The van der Waals surface area contributed by atoms with Gasteiger partial charge < -0.3 is 0 Å². The maximum Gasteiger partial charge on any atom is 0.0518 e. The second-order valence-electron chi connectivity index (χ2n) is 2.80. The first-order chi connectivity index (χ1) is 4.43. The molecule has 0 unspecified atom stereocenters. The summed E-state index contributed by atoms with van der Waals surface area (Å²) < 4.78 is 0. The molecule has 0 aliphatic carbocycles. The van der Waals surface area contributed by atoms with Crippen molar-refractivity contribution >= 4 is 8.80 Å². The Kier molecular flexibility index (Phi) is 3.05. The lowest BCUT2D eigenvalue weighted by Crippen LogP contribution is -2.14. The van der Waals surface area contributed by atoms with Gasteiger partial charge in [0.1, 0.15) is 0 Å². The van der Waals surface area contributed by atoms with Crippen LogP contribution in [0.3, 0.4) is 0 Å². The van der Waals surface area contributed by atoms with Crippen molar-refractivity contribution in [1.29, 1.82) is 0 Å². The topological polar surface area (TPSA) is 0 Å². The third kappa shape index (κ3) is 2.35. The van der Waals surface area contributed by atoms with Gasteiger partial charge >= 0.3 is 0 Å². The smallest absolute Gasteiger partial charge is 0.0518 e. The lowest BCUT2D eigenvalue weighted by atomic mass is 10.3. The van der Waals surface area contributed by atoms with Crippen molar-refractivity contribution in [2.24, 2.45) is 0 Å². The Labute approximate surface area is 59.6 Å². The maximum absolute atomic E-state index is 3.78. The van der Waals surface area contributed by atoms with Crippen molar-refractivity contribution in [1.82, 2.24) is 0 Å². The average molecular weight is 139 g/mol. The van der Waals surface area contributed by atoms with E-state index in [1.54, 1.807) is 12.1 Å². The van der Waals surface area contributed by atoms with Gasteiger partial charge in [-0.3, -0.25) is 0 Å². The van der Waals surface area contributed by atoms with Crippen LogP contribution in [0.5, 0.6) is 0 Å². The molecule has 0 aromatic rings. The van der Waals surface area contributed by atoms with Crippen LogP contribution in [0.4, 0.5) is 0 Å². The molecule has 0 spiro atoms. The minimum atomic E-state index is 0.0829. The van der Waals surface area contributed by atoms with Gasteiger partial charge in [-0.1, -0.05) is 37.4 Å². The Hall–Kier alpha value is -0.0431. The van der Waals surface area contributed by atoms with Crippen molar-refractivity contribution in [3.8, 4) is 0 Å². The van der Waals surface area contributed by atoms with Crippen LogP contribution in [0.1, 0.15) is 19.3 Å². The molecule has 0 N–H and O–H groups in total. The van der Waals surface area contributed by atoms with Gasteiger partial charge in [-0.05, 0) is 6.04 Å². The highest BCUT2D eigenvalue weighted by molar-refractivity contribution is 6.59. The number of hydrogen-bond acceptors (Lipinski definition) is 0. The largest absolute Gasteiger partial charge is 0.103 e. The Bertz CT molecular complexity index is 82.6. The Balaban J connectivity index is 2.15. The molecule has 51 valence electrons. The van der Waals surface area contributed by atoms with E-state index in [-0.39, 0.29) is 8.80 Å². The molecule has 0 amide bonds. The fourth-order valence-corrected chi connectivity index (χ4v) is 4.03. The molecule has 1 radical (unpaired) electrons. The summed E-state index contributed by atoms with van der Waals surface area (Å²) in [5.74, 6) is 0. The van der Waals surface area contributed by atoms with Crippen molar-refractivity contribution in [2.75, 3.05) is 0 Å². The van der Waals surface area contributed by atoms with E-state index in [1.807, 2.05) is 0 Å². The third-order valence-electron chi connectivity index (χ3n) is 1.99. The molecular formula is C8H15Si. The van der Waals surface area contributed by atoms with Crippen LogP contribution < -0.4 is 0 Å². The fraction of sp³-hybridized carbons (Fsp3) is 0.750. The van der Waals surface area contributed by atoms with E-state index in [2.05, 4.69) is 12.7 Å². The van der Waals surface area contributed by atoms with Gasteiger partial charge in [0.05, 0.1) is 8.80 Å². The summed E-state index contributed by atoms with van der Waals surface area (Å²) in [5.41, 5.74) is 0. The summed E-state index contributed by atoms with van der Waals surface area (Å²) in [5, 5.41) is 0. The summed E-state index contributed by atoms with van der Waals surface area (Å²) >= 11 is 0. The minimum absolute atomic E-state index is 0.0829. The second-order valence-corrected chi connectivity index (χ2v) is 5.71. The van der Waals surface area contributed by atoms with Crippen LogP contribution >= 0.6 is 0 Å². The number of rotatable bonds is 2. The molecule has 1 fully saturated rings. The molecule has 1 rings (SSSR count). The average Bonchev–Trinajstić information content (AvgIpc) is 1.91. The van der Waals surface area contributed by atoms with Gasteiger partial charge in [0.15, 0.2) is 0 Å². The maximum atomic E-state index is 3.78. The van der Waals surface area contributed by atoms with Crippen LogP contribution in [0.2, 0.25) is 18.1 Å². The monoisotopic (exact) mass is 139 g/mol. The first kappa shape index (κ1) is 7.07. The molecule has 0 saturated carbocycles. The predicted octanol–water partition coefficient (Wildman–Crippen LogP) is 2.85. The van der Waals surface area contributed by atoms with E-state index in [1.165, 1.54) is 25.3 Å². The van der Waals surface area contributed by atoms with Crippen LogP contribution in [-0.2, 0) is 0 Å². The summed E-state index contributed by atoms with van der Waals surface area (Å²) in [4.78, 5) is 0. The van der Waals surface area contributed by atoms with E-state index in [0.29, 0.717) is 0 Å². The van der Waals surface area contributed by atoms with Crippen molar-refractivity contribution in [3.05, 3.63) is 12.7 Å². The summed E-state index contributed by atoms with van der Waals surface area (Å²) in [7, 11) is 0.0829. The third-order valence-corrected chi connectivity index (χ3v) is 4.98. The van der Waals surface area contributed by atoms with Crippen molar-refractivity contribution in [3.63, 3.8) is 0 Å². The molecule has 9 heavy (non-hydrogen) atoms. The van der Waals surface area contributed by atoms with Gasteiger partial charge in [0, 0.05) is 0 Å². The highest BCUT2D eigenvalue weighted by atomic mass is 28.3. The van der Waals surface area contributed by atoms with Gasteiger partial charge in [-0.25, -0.2) is 0 Å². The van der Waals surface area contributed by atoms with Crippen molar-refractivity contribution in [2.45, 2.75) is 37.4 Å². The lowest BCUT2D eigenvalue weighted by molar-refractivity contribution is 0.722. The Morgan fingerprint density at radius 3 is 2.44 bits per heavy atom. The molecular weight excluding hydrogens is 124 g/mol. The molecule has 0 bridgehead atoms. The van der Waals surface area contributed by atoms with Gasteiger partial charge in [0.2, 0.25) is 0 Å².